The first-order valence-corrected chi connectivity index (χ1v) is 8.85. The van der Waals surface area contributed by atoms with Crippen molar-refractivity contribution in [1.82, 2.24) is 9.78 Å². The van der Waals surface area contributed by atoms with E-state index in [1.54, 1.807) is 0 Å². The maximum absolute atomic E-state index is 9.87. The number of aliphatic hydroxyl groups excluding tert-OH is 1. The minimum Gasteiger partial charge on any atom is -0.385 e. The van der Waals surface area contributed by atoms with Gasteiger partial charge in [0.05, 0.1) is 0 Å². The highest BCUT2D eigenvalue weighted by atomic mass is 16.3. The van der Waals surface area contributed by atoms with Crippen molar-refractivity contribution in [3.8, 4) is 5.69 Å². The number of hydrogen-bond acceptors (Lipinski definition) is 2. The number of fused-ring (bicyclic) bond motifs is 1. The Balaban J connectivity index is 1.83. The molecule has 4 heteroatoms. The van der Waals surface area contributed by atoms with Gasteiger partial charge in [-0.3, -0.25) is 0 Å². The summed E-state index contributed by atoms with van der Waals surface area (Å²) in [5, 5.41) is 14.6. The van der Waals surface area contributed by atoms with Crippen LogP contribution in [0.5, 0.6) is 0 Å². The number of aromatic nitrogens is 3. The average Bonchev–Trinajstić information content (AvgIpc) is 3.17. The van der Waals surface area contributed by atoms with Crippen LogP contribution in [0.25, 0.3) is 5.69 Å². The van der Waals surface area contributed by atoms with Crippen molar-refractivity contribution >= 4 is 0 Å². The fraction of sp³-hybridized carbons (Fsp3) is 0.333. The summed E-state index contributed by atoms with van der Waals surface area (Å²) in [7, 11) is 0. The monoisotopic (exact) mass is 334 g/mol. The van der Waals surface area contributed by atoms with E-state index in [0.717, 1.165) is 18.5 Å². The summed E-state index contributed by atoms with van der Waals surface area (Å²) in [6, 6.07) is 13.2. The van der Waals surface area contributed by atoms with Crippen LogP contribution >= 0.6 is 0 Å². The maximum Gasteiger partial charge on any atom is 0.304 e. The predicted octanol–water partition coefficient (Wildman–Crippen LogP) is 3.11. The molecule has 0 bridgehead atoms. The van der Waals surface area contributed by atoms with Crippen LogP contribution in [0.4, 0.5) is 0 Å². The van der Waals surface area contributed by atoms with Crippen molar-refractivity contribution in [1.29, 1.82) is 0 Å². The summed E-state index contributed by atoms with van der Waals surface area (Å²) in [4.78, 5) is 0. The van der Waals surface area contributed by atoms with E-state index in [1.807, 2.05) is 11.0 Å². The van der Waals surface area contributed by atoms with Crippen LogP contribution in [0.3, 0.4) is 0 Å². The molecule has 1 unspecified atom stereocenters. The molecule has 3 aromatic rings. The third-order valence-corrected chi connectivity index (χ3v) is 5.20. The third kappa shape index (κ3) is 2.67. The van der Waals surface area contributed by atoms with Gasteiger partial charge in [-0.15, -0.1) is 0 Å². The van der Waals surface area contributed by atoms with Crippen LogP contribution in [0.15, 0.2) is 42.7 Å². The Morgan fingerprint density at radius 3 is 2.60 bits per heavy atom. The van der Waals surface area contributed by atoms with E-state index in [4.69, 9.17) is 5.10 Å². The second-order valence-corrected chi connectivity index (χ2v) is 7.04. The van der Waals surface area contributed by atoms with Gasteiger partial charge in [0.15, 0.2) is 0 Å². The van der Waals surface area contributed by atoms with Crippen molar-refractivity contribution in [3.63, 3.8) is 0 Å². The SMILES string of the molecule is Cc1cc(C)c(-n2c[n+](C3CCc4ccccc43)c(CO)n2)c(C)c1. The third-order valence-electron chi connectivity index (χ3n) is 5.20. The largest absolute Gasteiger partial charge is 0.385 e. The van der Waals surface area contributed by atoms with Crippen LogP contribution in [0, 0.1) is 20.8 Å². The van der Waals surface area contributed by atoms with E-state index < -0.39 is 0 Å². The topological polar surface area (TPSA) is 41.9 Å². The molecule has 2 aromatic carbocycles. The Bertz CT molecular complexity index is 919. The van der Waals surface area contributed by atoms with E-state index in [9.17, 15) is 5.11 Å². The molecule has 0 saturated heterocycles. The highest BCUT2D eigenvalue weighted by Gasteiger charge is 2.31. The Hall–Kier alpha value is -2.46. The molecule has 0 amide bonds. The fourth-order valence-electron chi connectivity index (χ4n) is 4.23. The molecule has 1 aliphatic carbocycles. The minimum atomic E-state index is -0.0599. The van der Waals surface area contributed by atoms with E-state index in [0.29, 0.717) is 5.82 Å². The van der Waals surface area contributed by atoms with Crippen molar-refractivity contribution < 1.29 is 9.67 Å². The molecule has 1 heterocycles. The number of nitrogens with zero attached hydrogens (tertiary/aromatic N) is 3. The highest BCUT2D eigenvalue weighted by molar-refractivity contribution is 5.48. The molecule has 4 rings (SSSR count). The zero-order valence-corrected chi connectivity index (χ0v) is 15.0. The Morgan fingerprint density at radius 1 is 1.16 bits per heavy atom. The van der Waals surface area contributed by atoms with Crippen molar-refractivity contribution in [3.05, 3.63) is 76.4 Å². The normalized spacial score (nSPS) is 16.2. The summed E-state index contributed by atoms with van der Waals surface area (Å²) < 4.78 is 4.07. The molecule has 0 aliphatic heterocycles. The molecule has 128 valence electrons. The summed E-state index contributed by atoms with van der Waals surface area (Å²) in [6.45, 7) is 6.28. The van der Waals surface area contributed by atoms with Gasteiger partial charge in [-0.1, -0.05) is 46.6 Å². The predicted molar refractivity (Wildman–Crippen MR) is 96.8 cm³/mol. The number of rotatable bonds is 3. The molecule has 4 nitrogen and oxygen atoms in total. The molecule has 0 saturated carbocycles. The van der Waals surface area contributed by atoms with Crippen molar-refractivity contribution in [2.24, 2.45) is 0 Å². The molecular weight excluding hydrogens is 310 g/mol. The molecule has 1 aromatic heterocycles. The minimum absolute atomic E-state index is 0.0599. The quantitative estimate of drug-likeness (QED) is 0.748. The number of aryl methyl sites for hydroxylation is 4. The Labute approximate surface area is 148 Å². The van der Waals surface area contributed by atoms with Crippen LogP contribution in [-0.2, 0) is 13.0 Å². The van der Waals surface area contributed by atoms with Gasteiger partial charge in [-0.25, -0.2) is 4.57 Å². The van der Waals surface area contributed by atoms with Gasteiger partial charge in [-0.2, -0.15) is 0 Å². The summed E-state index contributed by atoms with van der Waals surface area (Å²) in [5.41, 5.74) is 7.50. The molecular formula is C21H24N3O+. The van der Waals surface area contributed by atoms with Crippen LogP contribution in [0.2, 0.25) is 0 Å². The molecule has 1 N–H and O–H groups in total. The highest BCUT2D eigenvalue weighted by Crippen LogP contribution is 2.31. The summed E-state index contributed by atoms with van der Waals surface area (Å²) in [5.74, 6) is 0.709. The fourth-order valence-corrected chi connectivity index (χ4v) is 4.23. The van der Waals surface area contributed by atoms with Gasteiger partial charge < -0.3 is 5.11 Å². The van der Waals surface area contributed by atoms with E-state index in [1.165, 1.54) is 27.8 Å². The maximum atomic E-state index is 9.87. The first kappa shape index (κ1) is 16.0. The average molecular weight is 334 g/mol. The molecule has 1 aliphatic rings. The Morgan fingerprint density at radius 2 is 1.88 bits per heavy atom. The number of hydrogen-bond donors (Lipinski definition) is 1. The lowest BCUT2D eigenvalue weighted by Gasteiger charge is -2.10. The van der Waals surface area contributed by atoms with E-state index in [2.05, 4.69) is 61.7 Å². The van der Waals surface area contributed by atoms with Crippen LogP contribution in [0.1, 0.15) is 46.1 Å². The lowest BCUT2D eigenvalue weighted by atomic mass is 10.1. The summed E-state index contributed by atoms with van der Waals surface area (Å²) in [6.07, 6.45) is 4.17. The summed E-state index contributed by atoms with van der Waals surface area (Å²) >= 11 is 0. The molecule has 25 heavy (non-hydrogen) atoms. The van der Waals surface area contributed by atoms with E-state index >= 15 is 0 Å². The molecule has 1 atom stereocenters. The molecule has 0 spiro atoms. The molecule has 0 fully saturated rings. The van der Waals surface area contributed by atoms with Crippen LogP contribution < -0.4 is 4.57 Å². The number of aliphatic hydroxyl groups is 1. The zero-order chi connectivity index (χ0) is 17.6. The second-order valence-electron chi connectivity index (χ2n) is 7.04. The van der Waals surface area contributed by atoms with Gasteiger partial charge >= 0.3 is 5.82 Å². The van der Waals surface area contributed by atoms with Gasteiger partial charge in [0.1, 0.15) is 18.3 Å². The van der Waals surface area contributed by atoms with E-state index in [-0.39, 0.29) is 12.6 Å². The van der Waals surface area contributed by atoms with Gasteiger partial charge in [-0.05, 0) is 55.9 Å². The lowest BCUT2D eigenvalue weighted by Crippen LogP contribution is -2.41. The smallest absolute Gasteiger partial charge is 0.304 e. The van der Waals surface area contributed by atoms with Crippen LogP contribution in [-0.4, -0.2) is 14.9 Å². The van der Waals surface area contributed by atoms with Crippen molar-refractivity contribution in [2.45, 2.75) is 46.3 Å². The number of benzene rings is 2. The lowest BCUT2D eigenvalue weighted by molar-refractivity contribution is -0.722. The first-order chi connectivity index (χ1) is 12.1. The standard InChI is InChI=1S/C21H24N3O/c1-14-10-15(2)21(16(3)11-14)24-13-23(20(12-25)22-24)19-9-8-17-6-4-5-7-18(17)19/h4-7,10-11,13,19,25H,8-9,12H2,1-3H3/q+1. The van der Waals surface area contributed by atoms with Gasteiger partial charge in [0, 0.05) is 5.10 Å². The molecule has 0 radical (unpaired) electrons. The van der Waals surface area contributed by atoms with Gasteiger partial charge in [0.25, 0.3) is 0 Å². The first-order valence-electron chi connectivity index (χ1n) is 8.85. The van der Waals surface area contributed by atoms with Crippen molar-refractivity contribution in [2.75, 3.05) is 0 Å². The van der Waals surface area contributed by atoms with Gasteiger partial charge in [0.2, 0.25) is 6.33 Å². The Kier molecular flexibility index (Phi) is 3.92. The second kappa shape index (κ2) is 6.12. The zero-order valence-electron chi connectivity index (χ0n) is 15.0.